The second-order valence-electron chi connectivity index (χ2n) is 9.42. The van der Waals surface area contributed by atoms with Crippen molar-refractivity contribution >= 4 is 27.9 Å². The van der Waals surface area contributed by atoms with Gasteiger partial charge >= 0.3 is 11.9 Å². The zero-order valence-electron chi connectivity index (χ0n) is 24.1. The summed E-state index contributed by atoms with van der Waals surface area (Å²) < 4.78 is 29.9. The van der Waals surface area contributed by atoms with Crippen molar-refractivity contribution in [1.82, 2.24) is 0 Å². The molecule has 0 fully saturated rings. The van der Waals surface area contributed by atoms with Gasteiger partial charge in [-0.3, -0.25) is 0 Å². The summed E-state index contributed by atoms with van der Waals surface area (Å²) in [7, 11) is 2.88. The van der Waals surface area contributed by atoms with Crippen molar-refractivity contribution < 1.29 is 38.4 Å². The minimum atomic E-state index is -1.11. The Hall–Kier alpha value is -3.72. The van der Waals surface area contributed by atoms with Crippen LogP contribution in [0, 0.1) is 41.5 Å². The number of carboxylic acids is 1. The second-order valence-corrected chi connectivity index (χ2v) is 10.3. The van der Waals surface area contributed by atoms with Crippen molar-refractivity contribution in [2.45, 2.75) is 48.0 Å². The quantitative estimate of drug-likeness (QED) is 0.139. The number of hydrogen-bond acceptors (Lipinski definition) is 7. The SMILES string of the molecule is COc1c(C)c(OC(=O)c2c(C)c(C)c(OCCCOc3ccc(Br)cc3)c(C)c2OC)c(C)c(C)c1C(=O)O. The Balaban J connectivity index is 1.86. The Morgan fingerprint density at radius 1 is 0.675 bits per heavy atom. The molecule has 0 atom stereocenters. The number of methoxy groups -OCH3 is 2. The first kappa shape index (κ1) is 30.8. The van der Waals surface area contributed by atoms with Crippen LogP contribution in [0.1, 0.15) is 60.5 Å². The first-order valence-corrected chi connectivity index (χ1v) is 13.6. The molecule has 0 saturated carbocycles. The van der Waals surface area contributed by atoms with E-state index in [0.717, 1.165) is 15.8 Å². The van der Waals surface area contributed by atoms with E-state index >= 15 is 0 Å². The molecule has 0 aliphatic heterocycles. The fourth-order valence-corrected chi connectivity index (χ4v) is 4.95. The summed E-state index contributed by atoms with van der Waals surface area (Å²) in [6.45, 7) is 11.5. The maximum absolute atomic E-state index is 13.6. The van der Waals surface area contributed by atoms with Crippen LogP contribution in [0.5, 0.6) is 28.7 Å². The van der Waals surface area contributed by atoms with Gasteiger partial charge < -0.3 is 28.8 Å². The average Bonchev–Trinajstić information content (AvgIpc) is 2.92. The monoisotopic (exact) mass is 614 g/mol. The summed E-state index contributed by atoms with van der Waals surface area (Å²) in [4.78, 5) is 25.5. The average molecular weight is 616 g/mol. The maximum Gasteiger partial charge on any atom is 0.347 e. The minimum Gasteiger partial charge on any atom is -0.495 e. The van der Waals surface area contributed by atoms with Gasteiger partial charge in [-0.25, -0.2) is 9.59 Å². The Morgan fingerprint density at radius 2 is 1.18 bits per heavy atom. The summed E-state index contributed by atoms with van der Waals surface area (Å²) in [5.41, 5.74) is 3.88. The van der Waals surface area contributed by atoms with Crippen molar-refractivity contribution in [2.24, 2.45) is 0 Å². The molecule has 3 aromatic rings. The van der Waals surface area contributed by atoms with Crippen molar-refractivity contribution in [2.75, 3.05) is 27.4 Å². The first-order valence-electron chi connectivity index (χ1n) is 12.8. The Labute approximate surface area is 243 Å². The molecule has 0 amide bonds. The van der Waals surface area contributed by atoms with E-state index in [4.69, 9.17) is 23.7 Å². The zero-order chi connectivity index (χ0) is 29.7. The van der Waals surface area contributed by atoms with Gasteiger partial charge in [-0.1, -0.05) is 15.9 Å². The summed E-state index contributed by atoms with van der Waals surface area (Å²) >= 11 is 3.41. The number of halogens is 1. The molecule has 0 aromatic heterocycles. The lowest BCUT2D eigenvalue weighted by molar-refractivity contribution is 0.0692. The van der Waals surface area contributed by atoms with Gasteiger partial charge in [-0.15, -0.1) is 0 Å². The van der Waals surface area contributed by atoms with Crippen molar-refractivity contribution in [3.8, 4) is 28.7 Å². The molecule has 0 unspecified atom stereocenters. The number of carboxylic acid groups (broad SMARTS) is 1. The highest BCUT2D eigenvalue weighted by Crippen LogP contribution is 2.41. The van der Waals surface area contributed by atoms with E-state index in [2.05, 4.69) is 15.9 Å². The van der Waals surface area contributed by atoms with Crippen LogP contribution in [-0.2, 0) is 0 Å². The van der Waals surface area contributed by atoms with E-state index in [1.807, 2.05) is 45.0 Å². The number of rotatable bonds is 11. The highest BCUT2D eigenvalue weighted by molar-refractivity contribution is 9.10. The number of carbonyl (C=O) groups excluding carboxylic acids is 1. The molecular formula is C31H35BrO8. The van der Waals surface area contributed by atoms with Crippen LogP contribution in [-0.4, -0.2) is 44.5 Å². The third-order valence-electron chi connectivity index (χ3n) is 7.01. The third kappa shape index (κ3) is 6.20. The normalized spacial score (nSPS) is 10.7. The number of benzene rings is 3. The standard InChI is InChI=1S/C31H35BrO8/c1-16-19(4)27(21(6)28(36-7)24(16)30(33)34)40-31(35)25-17(2)18(3)26(20(5)29(25)37-8)39-15-9-14-38-23-12-10-22(32)11-13-23/h10-13H,9,14-15H2,1-8H3,(H,33,34). The molecule has 3 aromatic carbocycles. The van der Waals surface area contributed by atoms with Crippen LogP contribution in [0.2, 0.25) is 0 Å². The van der Waals surface area contributed by atoms with Crippen molar-refractivity contribution in [3.63, 3.8) is 0 Å². The van der Waals surface area contributed by atoms with E-state index in [9.17, 15) is 14.7 Å². The van der Waals surface area contributed by atoms with E-state index in [0.29, 0.717) is 59.0 Å². The number of hydrogen-bond donors (Lipinski definition) is 1. The van der Waals surface area contributed by atoms with E-state index < -0.39 is 11.9 Å². The van der Waals surface area contributed by atoms with Crippen molar-refractivity contribution in [3.05, 3.63) is 73.2 Å². The highest BCUT2D eigenvalue weighted by atomic mass is 79.9. The van der Waals surface area contributed by atoms with E-state index in [-0.39, 0.29) is 22.6 Å². The number of ether oxygens (including phenoxy) is 5. The largest absolute Gasteiger partial charge is 0.495 e. The van der Waals surface area contributed by atoms with Crippen LogP contribution in [0.25, 0.3) is 0 Å². The molecule has 3 rings (SSSR count). The Kier molecular flexibility index (Phi) is 10.1. The summed E-state index contributed by atoms with van der Waals surface area (Å²) in [5, 5.41) is 9.70. The van der Waals surface area contributed by atoms with Gasteiger partial charge in [0.1, 0.15) is 39.9 Å². The van der Waals surface area contributed by atoms with Crippen LogP contribution >= 0.6 is 15.9 Å². The molecule has 1 N–H and O–H groups in total. The predicted molar refractivity (Wildman–Crippen MR) is 156 cm³/mol. The molecule has 0 spiro atoms. The molecule has 0 saturated heterocycles. The zero-order valence-corrected chi connectivity index (χ0v) is 25.7. The molecule has 0 bridgehead atoms. The molecular weight excluding hydrogens is 580 g/mol. The predicted octanol–water partition coefficient (Wildman–Crippen LogP) is 7.08. The van der Waals surface area contributed by atoms with Gasteiger partial charge in [-0.2, -0.15) is 0 Å². The van der Waals surface area contributed by atoms with Gasteiger partial charge in [-0.05, 0) is 88.1 Å². The summed E-state index contributed by atoms with van der Waals surface area (Å²) in [6, 6.07) is 7.63. The Morgan fingerprint density at radius 3 is 1.75 bits per heavy atom. The topological polar surface area (TPSA) is 101 Å². The first-order chi connectivity index (χ1) is 18.9. The molecule has 0 radical (unpaired) electrons. The maximum atomic E-state index is 13.6. The highest BCUT2D eigenvalue weighted by Gasteiger charge is 2.29. The molecule has 0 aliphatic carbocycles. The third-order valence-corrected chi connectivity index (χ3v) is 7.54. The smallest absolute Gasteiger partial charge is 0.347 e. The lowest BCUT2D eigenvalue weighted by atomic mass is 9.96. The molecule has 0 aliphatic rings. The van der Waals surface area contributed by atoms with Crippen molar-refractivity contribution in [1.29, 1.82) is 0 Å². The van der Waals surface area contributed by atoms with E-state index in [1.54, 1.807) is 20.8 Å². The molecule has 214 valence electrons. The molecule has 8 nitrogen and oxygen atoms in total. The van der Waals surface area contributed by atoms with Crippen LogP contribution in [0.3, 0.4) is 0 Å². The minimum absolute atomic E-state index is 0.0430. The van der Waals surface area contributed by atoms with Gasteiger partial charge in [0, 0.05) is 22.0 Å². The summed E-state index contributed by atoms with van der Waals surface area (Å²) in [6.07, 6.45) is 0.659. The summed E-state index contributed by atoms with van der Waals surface area (Å²) in [5.74, 6) is 0.463. The molecule has 0 heterocycles. The second kappa shape index (κ2) is 13.1. The van der Waals surface area contributed by atoms with Crippen LogP contribution in [0.15, 0.2) is 28.7 Å². The Bertz CT molecular complexity index is 1430. The molecule has 40 heavy (non-hydrogen) atoms. The molecule has 9 heteroatoms. The lowest BCUT2D eigenvalue weighted by Gasteiger charge is -2.22. The number of esters is 1. The van der Waals surface area contributed by atoms with Crippen LogP contribution in [0.4, 0.5) is 0 Å². The lowest BCUT2D eigenvalue weighted by Crippen LogP contribution is -2.17. The van der Waals surface area contributed by atoms with Crippen LogP contribution < -0.4 is 23.7 Å². The number of aromatic carboxylic acids is 1. The fourth-order valence-electron chi connectivity index (χ4n) is 4.68. The van der Waals surface area contributed by atoms with Gasteiger partial charge in [0.25, 0.3) is 0 Å². The fraction of sp³-hybridized carbons (Fsp3) is 0.355. The van der Waals surface area contributed by atoms with Gasteiger partial charge in [0.05, 0.1) is 27.4 Å². The van der Waals surface area contributed by atoms with Gasteiger partial charge in [0.15, 0.2) is 0 Å². The van der Waals surface area contributed by atoms with Gasteiger partial charge in [0.2, 0.25) is 0 Å². The number of carbonyl (C=O) groups is 2. The van der Waals surface area contributed by atoms with E-state index in [1.165, 1.54) is 14.2 Å².